The molecule has 0 saturated heterocycles. The Bertz CT molecular complexity index is 1220. The monoisotopic (exact) mass is 481 g/mol. The van der Waals surface area contributed by atoms with Crippen molar-refractivity contribution < 1.29 is 27.5 Å². The highest BCUT2D eigenvalue weighted by molar-refractivity contribution is 5.99. The smallest absolute Gasteiger partial charge is 0.391 e. The van der Waals surface area contributed by atoms with Crippen LogP contribution in [0.1, 0.15) is 48.2 Å². The number of carbonyl (C=O) groups excluding carboxylic acids is 1. The molecule has 0 radical (unpaired) electrons. The lowest BCUT2D eigenvalue weighted by Gasteiger charge is -2.22. The van der Waals surface area contributed by atoms with E-state index in [1.165, 1.54) is 49.3 Å². The van der Waals surface area contributed by atoms with Crippen LogP contribution in [0.2, 0.25) is 0 Å². The van der Waals surface area contributed by atoms with Crippen LogP contribution < -0.4 is 21.5 Å². The van der Waals surface area contributed by atoms with Gasteiger partial charge in [0.15, 0.2) is 5.75 Å². The summed E-state index contributed by atoms with van der Waals surface area (Å²) < 4.78 is 44.6. The Labute approximate surface area is 193 Å². The van der Waals surface area contributed by atoms with Crippen molar-refractivity contribution in [2.45, 2.75) is 39.4 Å². The van der Waals surface area contributed by atoms with Crippen molar-refractivity contribution in [3.05, 3.63) is 67.9 Å². The molecule has 1 heterocycles. The van der Waals surface area contributed by atoms with E-state index in [0.29, 0.717) is 5.76 Å². The van der Waals surface area contributed by atoms with E-state index in [2.05, 4.69) is 10.6 Å². The van der Waals surface area contributed by atoms with Gasteiger partial charge in [0, 0.05) is 14.1 Å². The van der Waals surface area contributed by atoms with Crippen molar-refractivity contribution in [3.63, 3.8) is 0 Å². The van der Waals surface area contributed by atoms with Gasteiger partial charge < -0.3 is 25.1 Å². The number of carbonyl (C=O) groups is 1. The molecule has 34 heavy (non-hydrogen) atoms. The highest BCUT2D eigenvalue weighted by Crippen LogP contribution is 2.36. The number of aryl methyl sites for hydroxylation is 1. The van der Waals surface area contributed by atoms with E-state index in [1.54, 1.807) is 6.92 Å². The topological polar surface area (TPSA) is 112 Å². The molecule has 0 saturated carbocycles. The van der Waals surface area contributed by atoms with Crippen molar-refractivity contribution in [2.24, 2.45) is 0 Å². The summed E-state index contributed by atoms with van der Waals surface area (Å²) in [5.74, 6) is -0.656. The summed E-state index contributed by atoms with van der Waals surface area (Å²) in [7, 11) is 2.97. The summed E-state index contributed by atoms with van der Waals surface area (Å²) in [5, 5.41) is 15.4. The number of rotatable bonds is 7. The van der Waals surface area contributed by atoms with E-state index >= 15 is 0 Å². The first-order chi connectivity index (χ1) is 15.9. The van der Waals surface area contributed by atoms with Crippen molar-refractivity contribution in [1.29, 1.82) is 0 Å². The number of phenolic OH excluding ortho intramolecular Hbond substituents is 1. The van der Waals surface area contributed by atoms with Crippen molar-refractivity contribution in [3.8, 4) is 5.75 Å². The minimum Gasteiger partial charge on any atom is -0.505 e. The van der Waals surface area contributed by atoms with Crippen LogP contribution in [0.4, 0.5) is 30.2 Å². The molecule has 0 aliphatic carbocycles. The van der Waals surface area contributed by atoms with Gasteiger partial charge in [-0.05, 0) is 31.2 Å². The predicted octanol–water partition coefficient (Wildman–Crippen LogP) is 4.47. The van der Waals surface area contributed by atoms with Crippen LogP contribution in [0.15, 0.2) is 44.3 Å². The Morgan fingerprint density at radius 2 is 1.71 bits per heavy atom. The van der Waals surface area contributed by atoms with Crippen LogP contribution in [0.5, 0.6) is 5.75 Å². The molecule has 184 valence electrons. The van der Waals surface area contributed by atoms with Gasteiger partial charge in [-0.2, -0.15) is 13.2 Å². The number of phenols is 1. The second-order valence-corrected chi connectivity index (χ2v) is 7.40. The molecule has 3 N–H and O–H groups in total. The van der Waals surface area contributed by atoms with Crippen LogP contribution in [-0.2, 0) is 0 Å². The summed E-state index contributed by atoms with van der Waals surface area (Å²) in [4.78, 5) is 37.6. The molecule has 0 aliphatic rings. The number of alkyl halides is 3. The molecular formula is C23H26F3N3O5. The average molecular weight is 481 g/mol. The molecule has 8 nitrogen and oxygen atoms in total. The number of hydrogen-bond acceptors (Lipinski definition) is 7. The molecule has 1 aromatic heterocycles. The zero-order valence-electron chi connectivity index (χ0n) is 19.3. The second kappa shape index (κ2) is 10.4. The Morgan fingerprint density at radius 1 is 1.09 bits per heavy atom. The lowest BCUT2D eigenvalue weighted by Crippen LogP contribution is -2.38. The number of anilines is 3. The molecule has 1 amide bonds. The van der Waals surface area contributed by atoms with Crippen LogP contribution in [-0.4, -0.2) is 36.2 Å². The fourth-order valence-electron chi connectivity index (χ4n) is 3.11. The van der Waals surface area contributed by atoms with Crippen LogP contribution in [0.3, 0.4) is 0 Å². The van der Waals surface area contributed by atoms with Crippen molar-refractivity contribution in [1.82, 2.24) is 4.90 Å². The minimum atomic E-state index is -4.58. The number of halogens is 3. The number of para-hydroxylation sites is 1. The zero-order chi connectivity index (χ0) is 25.8. The fourth-order valence-corrected chi connectivity index (χ4v) is 3.11. The standard InChI is InChI=1S/C21H20F3N3O5.C2H6/c1-10-7-8-14(32-10)13(9-21(22,23)24)26-16-15(18(29)19(16)30)25-12-6-4-5-11(17(12)28)20(31)27(2)3;1-2/h4-8,13,25-26,28H,9H2,1-3H3;1-2H3. The fraction of sp³-hybridized carbons (Fsp3) is 0.348. The van der Waals surface area contributed by atoms with E-state index in [-0.39, 0.29) is 28.4 Å². The van der Waals surface area contributed by atoms with Gasteiger partial charge in [0.2, 0.25) is 0 Å². The quantitative estimate of drug-likeness (QED) is 0.337. The molecule has 1 atom stereocenters. The van der Waals surface area contributed by atoms with Gasteiger partial charge >= 0.3 is 6.18 Å². The van der Waals surface area contributed by atoms with E-state index in [1.807, 2.05) is 13.8 Å². The first kappa shape index (κ1) is 26.5. The number of amides is 1. The third-order valence-corrected chi connectivity index (χ3v) is 4.70. The summed E-state index contributed by atoms with van der Waals surface area (Å²) >= 11 is 0. The SMILES string of the molecule is CC.Cc1ccc(C(CC(F)(F)F)Nc2c(Nc3cccc(C(=O)N(C)C)c3O)c(=O)c2=O)o1. The van der Waals surface area contributed by atoms with Gasteiger partial charge in [0.25, 0.3) is 16.8 Å². The van der Waals surface area contributed by atoms with Crippen molar-refractivity contribution in [2.75, 3.05) is 24.7 Å². The average Bonchev–Trinajstić information content (AvgIpc) is 3.22. The molecule has 0 fully saturated rings. The number of benzene rings is 1. The molecule has 0 aliphatic heterocycles. The Balaban J connectivity index is 0.00000199. The highest BCUT2D eigenvalue weighted by atomic mass is 19.4. The number of aromatic hydroxyl groups is 1. The molecule has 3 rings (SSSR count). The van der Waals surface area contributed by atoms with E-state index in [4.69, 9.17) is 4.42 Å². The van der Waals surface area contributed by atoms with Gasteiger partial charge in [0.05, 0.1) is 23.7 Å². The van der Waals surface area contributed by atoms with Gasteiger partial charge in [-0.15, -0.1) is 0 Å². The molecule has 11 heteroatoms. The van der Waals surface area contributed by atoms with E-state index < -0.39 is 41.2 Å². The number of nitrogens with one attached hydrogen (secondary N) is 2. The number of hydrogen-bond donors (Lipinski definition) is 3. The third kappa shape index (κ3) is 5.77. The zero-order valence-corrected chi connectivity index (χ0v) is 19.3. The summed E-state index contributed by atoms with van der Waals surface area (Å²) in [6, 6.07) is 5.53. The Kier molecular flexibility index (Phi) is 8.14. The lowest BCUT2D eigenvalue weighted by molar-refractivity contribution is -0.138. The van der Waals surface area contributed by atoms with Gasteiger partial charge in [-0.1, -0.05) is 19.9 Å². The molecule has 0 bridgehead atoms. The summed E-state index contributed by atoms with van der Waals surface area (Å²) in [5.41, 5.74) is -2.80. The first-order valence-electron chi connectivity index (χ1n) is 10.4. The maximum atomic E-state index is 13.1. The molecular weight excluding hydrogens is 455 g/mol. The molecule has 1 unspecified atom stereocenters. The van der Waals surface area contributed by atoms with Crippen molar-refractivity contribution >= 4 is 23.0 Å². The Hall–Kier alpha value is -3.76. The van der Waals surface area contributed by atoms with Crippen LogP contribution in [0.25, 0.3) is 0 Å². The Morgan fingerprint density at radius 3 is 2.24 bits per heavy atom. The number of furan rings is 1. The second-order valence-electron chi connectivity index (χ2n) is 7.40. The summed E-state index contributed by atoms with van der Waals surface area (Å²) in [6.07, 6.45) is -5.93. The third-order valence-electron chi connectivity index (χ3n) is 4.70. The van der Waals surface area contributed by atoms with Gasteiger partial charge in [0.1, 0.15) is 22.9 Å². The van der Waals surface area contributed by atoms with Gasteiger partial charge in [-0.25, -0.2) is 0 Å². The largest absolute Gasteiger partial charge is 0.505 e. The van der Waals surface area contributed by atoms with Crippen LogP contribution in [0, 0.1) is 6.92 Å². The maximum absolute atomic E-state index is 13.1. The molecule has 2 aromatic carbocycles. The minimum absolute atomic E-state index is 0.0553. The highest BCUT2D eigenvalue weighted by Gasteiger charge is 2.36. The molecule has 3 aromatic rings. The van der Waals surface area contributed by atoms with Crippen LogP contribution >= 0.6 is 0 Å². The lowest BCUT2D eigenvalue weighted by atomic mass is 10.1. The first-order valence-corrected chi connectivity index (χ1v) is 10.4. The van der Waals surface area contributed by atoms with E-state index in [0.717, 1.165) is 0 Å². The summed E-state index contributed by atoms with van der Waals surface area (Å²) in [6.45, 7) is 5.56. The molecule has 0 spiro atoms. The predicted molar refractivity (Wildman–Crippen MR) is 123 cm³/mol. The normalized spacial score (nSPS) is 12.0. The van der Waals surface area contributed by atoms with Gasteiger partial charge in [-0.3, -0.25) is 14.4 Å². The maximum Gasteiger partial charge on any atom is 0.391 e. The van der Waals surface area contributed by atoms with E-state index in [9.17, 15) is 32.7 Å². The number of nitrogens with zero attached hydrogens (tertiary/aromatic N) is 1.